The summed E-state index contributed by atoms with van der Waals surface area (Å²) in [6, 6.07) is 5.65. The maximum atomic E-state index is 12.8. The molecule has 4 rings (SSSR count). The third-order valence-corrected chi connectivity index (χ3v) is 6.80. The number of aryl methyl sites for hydroxylation is 1. The van der Waals surface area contributed by atoms with Crippen LogP contribution in [0.1, 0.15) is 34.7 Å². The lowest BCUT2D eigenvalue weighted by Crippen LogP contribution is -2.33. The lowest BCUT2D eigenvalue weighted by molar-refractivity contribution is -0.137. The molecule has 0 bridgehead atoms. The Hall–Kier alpha value is -2.35. The average Bonchev–Trinajstić information content (AvgIpc) is 3.00. The molecule has 1 aromatic carbocycles. The van der Waals surface area contributed by atoms with Crippen LogP contribution in [0.2, 0.25) is 0 Å². The number of likely N-dealkylation sites (tertiary alicyclic amines) is 1. The molecule has 1 saturated heterocycles. The van der Waals surface area contributed by atoms with E-state index in [4.69, 9.17) is 0 Å². The summed E-state index contributed by atoms with van der Waals surface area (Å²) in [7, 11) is 3.46. The van der Waals surface area contributed by atoms with Crippen LogP contribution in [0.4, 0.5) is 19.1 Å². The van der Waals surface area contributed by atoms with Gasteiger partial charge in [0.2, 0.25) is 5.95 Å². The number of anilines is 1. The van der Waals surface area contributed by atoms with Gasteiger partial charge in [0.15, 0.2) is 0 Å². The standard InChI is InChI=1S/C22H27F3N4O/c1-13-17(20(30)28(3)21(26-2)27-13)8-9-29-11-15-10-18(19(15)12-29)14-4-6-16(7-5-14)22(23,24)25/h4-7,15,18-19H,8-12H2,1-3H3,(H,26,27). The monoisotopic (exact) mass is 420 g/mol. The normalized spacial score (nSPS) is 23.9. The van der Waals surface area contributed by atoms with Crippen molar-refractivity contribution >= 4 is 5.95 Å². The Bertz CT molecular complexity index is 984. The molecule has 2 heterocycles. The van der Waals surface area contributed by atoms with Gasteiger partial charge in [-0.05, 0) is 55.2 Å². The molecule has 3 atom stereocenters. The highest BCUT2D eigenvalue weighted by atomic mass is 19.4. The van der Waals surface area contributed by atoms with Crippen LogP contribution in [-0.4, -0.2) is 41.1 Å². The highest BCUT2D eigenvalue weighted by molar-refractivity contribution is 5.31. The minimum atomic E-state index is -4.29. The van der Waals surface area contributed by atoms with Crippen LogP contribution in [0.5, 0.6) is 0 Å². The average molecular weight is 420 g/mol. The Labute approximate surface area is 173 Å². The molecular formula is C22H27F3N4O. The predicted octanol–water partition coefficient (Wildman–Crippen LogP) is 3.43. The van der Waals surface area contributed by atoms with Crippen molar-refractivity contribution in [2.24, 2.45) is 18.9 Å². The van der Waals surface area contributed by atoms with Crippen molar-refractivity contribution in [1.29, 1.82) is 0 Å². The quantitative estimate of drug-likeness (QED) is 0.805. The number of halogens is 3. The molecule has 2 aromatic rings. The van der Waals surface area contributed by atoms with Gasteiger partial charge in [-0.1, -0.05) is 12.1 Å². The molecule has 8 heteroatoms. The molecule has 0 amide bonds. The number of fused-ring (bicyclic) bond motifs is 1. The van der Waals surface area contributed by atoms with Gasteiger partial charge in [-0.25, -0.2) is 4.98 Å². The lowest BCUT2D eigenvalue weighted by atomic mass is 9.64. The van der Waals surface area contributed by atoms with E-state index < -0.39 is 11.7 Å². The van der Waals surface area contributed by atoms with E-state index >= 15 is 0 Å². The first-order valence-corrected chi connectivity index (χ1v) is 10.3. The molecule has 1 aliphatic carbocycles. The second-order valence-corrected chi connectivity index (χ2v) is 8.51. The van der Waals surface area contributed by atoms with Crippen molar-refractivity contribution in [2.45, 2.75) is 31.9 Å². The Morgan fingerprint density at radius 3 is 2.53 bits per heavy atom. The van der Waals surface area contributed by atoms with Crippen LogP contribution in [0, 0.1) is 18.8 Å². The fourth-order valence-corrected chi connectivity index (χ4v) is 5.02. The highest BCUT2D eigenvalue weighted by Gasteiger charge is 2.47. The molecule has 30 heavy (non-hydrogen) atoms. The molecule has 5 nitrogen and oxygen atoms in total. The second-order valence-electron chi connectivity index (χ2n) is 8.51. The molecule has 2 aliphatic rings. The van der Waals surface area contributed by atoms with E-state index in [2.05, 4.69) is 15.2 Å². The van der Waals surface area contributed by atoms with Gasteiger partial charge in [0.25, 0.3) is 5.56 Å². The molecule has 162 valence electrons. The lowest BCUT2D eigenvalue weighted by Gasteiger charge is -2.40. The van der Waals surface area contributed by atoms with E-state index in [1.54, 1.807) is 26.2 Å². The van der Waals surface area contributed by atoms with Crippen molar-refractivity contribution in [2.75, 3.05) is 32.0 Å². The Kier molecular flexibility index (Phi) is 5.38. The van der Waals surface area contributed by atoms with Gasteiger partial charge in [0.05, 0.1) is 5.56 Å². The fraction of sp³-hybridized carbons (Fsp3) is 0.545. The van der Waals surface area contributed by atoms with Crippen LogP contribution >= 0.6 is 0 Å². The molecular weight excluding hydrogens is 393 g/mol. The van der Waals surface area contributed by atoms with Crippen LogP contribution < -0.4 is 10.9 Å². The number of aromatic nitrogens is 2. The SMILES string of the molecule is CNc1nc(C)c(CCN2CC3CC(c4ccc(C(F)(F)F)cc4)C3C2)c(=O)n1C. The van der Waals surface area contributed by atoms with Gasteiger partial charge in [0, 0.05) is 45.0 Å². The summed E-state index contributed by atoms with van der Waals surface area (Å²) in [6.45, 7) is 4.58. The van der Waals surface area contributed by atoms with Crippen molar-refractivity contribution in [3.63, 3.8) is 0 Å². The predicted molar refractivity (Wildman–Crippen MR) is 110 cm³/mol. The van der Waals surface area contributed by atoms with Gasteiger partial charge in [-0.15, -0.1) is 0 Å². The largest absolute Gasteiger partial charge is 0.416 e. The molecule has 3 unspecified atom stereocenters. The van der Waals surface area contributed by atoms with Gasteiger partial charge >= 0.3 is 6.18 Å². The smallest absolute Gasteiger partial charge is 0.359 e. The summed E-state index contributed by atoms with van der Waals surface area (Å²) in [5.74, 6) is 1.95. The van der Waals surface area contributed by atoms with E-state index in [0.29, 0.717) is 30.1 Å². The van der Waals surface area contributed by atoms with Crippen LogP contribution in [0.15, 0.2) is 29.1 Å². The number of nitrogens with one attached hydrogen (secondary N) is 1. The number of alkyl halides is 3. The molecule has 1 aliphatic heterocycles. The molecule has 1 saturated carbocycles. The van der Waals surface area contributed by atoms with E-state index in [-0.39, 0.29) is 5.56 Å². The van der Waals surface area contributed by atoms with Crippen molar-refractivity contribution in [3.8, 4) is 0 Å². The first kappa shape index (κ1) is 20.9. The Balaban J connectivity index is 1.38. The van der Waals surface area contributed by atoms with Gasteiger partial charge in [-0.3, -0.25) is 9.36 Å². The summed E-state index contributed by atoms with van der Waals surface area (Å²) in [5.41, 5.74) is 1.90. The minimum Gasteiger partial charge on any atom is -0.359 e. The topological polar surface area (TPSA) is 50.2 Å². The third kappa shape index (κ3) is 3.73. The number of hydrogen-bond donors (Lipinski definition) is 1. The maximum Gasteiger partial charge on any atom is 0.416 e. The van der Waals surface area contributed by atoms with Crippen LogP contribution in [-0.2, 0) is 19.6 Å². The zero-order chi connectivity index (χ0) is 21.6. The van der Waals surface area contributed by atoms with E-state index in [0.717, 1.165) is 42.9 Å². The first-order valence-electron chi connectivity index (χ1n) is 10.3. The Morgan fingerprint density at radius 2 is 1.90 bits per heavy atom. The Morgan fingerprint density at radius 1 is 1.20 bits per heavy atom. The number of nitrogens with zero attached hydrogens (tertiary/aromatic N) is 3. The van der Waals surface area contributed by atoms with Gasteiger partial charge in [0.1, 0.15) is 0 Å². The minimum absolute atomic E-state index is 0.0170. The summed E-state index contributed by atoms with van der Waals surface area (Å²) < 4.78 is 39.9. The van der Waals surface area contributed by atoms with Crippen LogP contribution in [0.25, 0.3) is 0 Å². The second kappa shape index (κ2) is 7.72. The number of benzene rings is 1. The third-order valence-electron chi connectivity index (χ3n) is 6.80. The van der Waals surface area contributed by atoms with E-state index in [1.165, 1.54) is 16.7 Å². The summed E-state index contributed by atoms with van der Waals surface area (Å²) >= 11 is 0. The molecule has 2 fully saturated rings. The highest BCUT2D eigenvalue weighted by Crippen LogP contribution is 2.51. The summed E-state index contributed by atoms with van der Waals surface area (Å²) in [4.78, 5) is 19.5. The molecule has 1 aromatic heterocycles. The zero-order valence-electron chi connectivity index (χ0n) is 17.5. The summed E-state index contributed by atoms with van der Waals surface area (Å²) in [5, 5.41) is 2.93. The first-order chi connectivity index (χ1) is 14.2. The fourth-order valence-electron chi connectivity index (χ4n) is 5.02. The number of rotatable bonds is 5. The van der Waals surface area contributed by atoms with E-state index in [1.807, 2.05) is 6.92 Å². The number of hydrogen-bond acceptors (Lipinski definition) is 4. The molecule has 0 radical (unpaired) electrons. The summed E-state index contributed by atoms with van der Waals surface area (Å²) in [6.07, 6.45) is -2.62. The van der Waals surface area contributed by atoms with E-state index in [9.17, 15) is 18.0 Å². The van der Waals surface area contributed by atoms with Crippen molar-refractivity contribution in [3.05, 3.63) is 57.0 Å². The zero-order valence-corrected chi connectivity index (χ0v) is 17.5. The van der Waals surface area contributed by atoms with Crippen molar-refractivity contribution in [1.82, 2.24) is 14.5 Å². The maximum absolute atomic E-state index is 12.8. The van der Waals surface area contributed by atoms with Gasteiger partial charge in [-0.2, -0.15) is 13.2 Å². The molecule has 1 N–H and O–H groups in total. The van der Waals surface area contributed by atoms with Crippen molar-refractivity contribution < 1.29 is 13.2 Å². The molecule has 0 spiro atoms. The van der Waals surface area contributed by atoms with Crippen LogP contribution in [0.3, 0.4) is 0 Å². The van der Waals surface area contributed by atoms with Gasteiger partial charge < -0.3 is 10.2 Å².